The summed E-state index contributed by atoms with van der Waals surface area (Å²) in [6.07, 6.45) is 2.05. The summed E-state index contributed by atoms with van der Waals surface area (Å²) in [5.74, 6) is -3.10. The molecule has 0 saturated heterocycles. The zero-order valence-electron chi connectivity index (χ0n) is 14.8. The van der Waals surface area contributed by atoms with E-state index in [9.17, 15) is 23.5 Å². The van der Waals surface area contributed by atoms with Crippen molar-refractivity contribution in [2.75, 3.05) is 6.54 Å². The molecule has 2 rings (SSSR count). The number of ketones is 1. The van der Waals surface area contributed by atoms with Crippen LogP contribution in [0.25, 0.3) is 0 Å². The summed E-state index contributed by atoms with van der Waals surface area (Å²) < 4.78 is 26.2. The van der Waals surface area contributed by atoms with Crippen molar-refractivity contribution in [3.8, 4) is 0 Å². The van der Waals surface area contributed by atoms with Crippen molar-refractivity contribution >= 4 is 11.7 Å². The Morgan fingerprint density at radius 1 is 1.28 bits per heavy atom. The summed E-state index contributed by atoms with van der Waals surface area (Å²) in [4.78, 5) is 24.7. The number of Topliss-reactive ketones (excluding diaryl/α,β-unsaturated/α-hetero) is 1. The molecular weight excluding hydrogens is 328 g/mol. The van der Waals surface area contributed by atoms with Gasteiger partial charge in [0.1, 0.15) is 5.60 Å². The molecule has 4 nitrogen and oxygen atoms in total. The second kappa shape index (κ2) is 7.60. The molecule has 1 aromatic carbocycles. The van der Waals surface area contributed by atoms with Gasteiger partial charge in [-0.25, -0.2) is 8.78 Å². The van der Waals surface area contributed by atoms with Crippen LogP contribution in [0.5, 0.6) is 0 Å². The van der Waals surface area contributed by atoms with Crippen LogP contribution in [-0.2, 0) is 4.79 Å². The van der Waals surface area contributed by atoms with Gasteiger partial charge in [0, 0.05) is 5.56 Å². The minimum absolute atomic E-state index is 0.0244. The van der Waals surface area contributed by atoms with Gasteiger partial charge in [-0.2, -0.15) is 0 Å². The first kappa shape index (κ1) is 19.5. The summed E-state index contributed by atoms with van der Waals surface area (Å²) in [6, 6.07) is 2.84. The minimum Gasteiger partial charge on any atom is -0.380 e. The number of benzene rings is 1. The first-order chi connectivity index (χ1) is 11.6. The fraction of sp³-hybridized carbons (Fsp3) is 0.579. The van der Waals surface area contributed by atoms with Crippen LogP contribution in [-0.4, -0.2) is 28.9 Å². The number of rotatable bonds is 5. The van der Waals surface area contributed by atoms with E-state index in [0.29, 0.717) is 6.42 Å². The second-order valence-electron chi connectivity index (χ2n) is 7.40. The van der Waals surface area contributed by atoms with Gasteiger partial charge in [0.05, 0.1) is 6.54 Å². The summed E-state index contributed by atoms with van der Waals surface area (Å²) in [5, 5.41) is 13.4. The van der Waals surface area contributed by atoms with Crippen molar-refractivity contribution in [3.63, 3.8) is 0 Å². The summed E-state index contributed by atoms with van der Waals surface area (Å²) in [6.45, 7) is 5.54. The van der Waals surface area contributed by atoms with Gasteiger partial charge in [-0.1, -0.05) is 27.2 Å². The van der Waals surface area contributed by atoms with Crippen molar-refractivity contribution in [1.29, 1.82) is 0 Å². The van der Waals surface area contributed by atoms with Gasteiger partial charge in [-0.3, -0.25) is 9.59 Å². The lowest BCUT2D eigenvalue weighted by Crippen LogP contribution is -2.56. The summed E-state index contributed by atoms with van der Waals surface area (Å²) in [7, 11) is 0. The predicted octanol–water partition coefficient (Wildman–Crippen LogP) is 3.09. The molecule has 2 N–H and O–H groups in total. The zero-order chi connectivity index (χ0) is 18.8. The fourth-order valence-corrected chi connectivity index (χ4v) is 3.72. The van der Waals surface area contributed by atoms with E-state index in [2.05, 4.69) is 5.32 Å². The van der Waals surface area contributed by atoms with E-state index in [-0.39, 0.29) is 29.9 Å². The van der Waals surface area contributed by atoms with Gasteiger partial charge in [0.2, 0.25) is 0 Å². The third-order valence-corrected chi connectivity index (χ3v) is 5.09. The molecule has 138 valence electrons. The molecule has 0 radical (unpaired) electrons. The van der Waals surface area contributed by atoms with Crippen LogP contribution in [0, 0.1) is 29.4 Å². The molecule has 1 aliphatic carbocycles. The zero-order valence-corrected chi connectivity index (χ0v) is 14.8. The third-order valence-electron chi connectivity index (χ3n) is 5.09. The van der Waals surface area contributed by atoms with E-state index >= 15 is 0 Å². The number of carbonyl (C=O) groups is 2. The number of carbonyl (C=O) groups excluding carboxylic acids is 2. The molecule has 0 bridgehead atoms. The van der Waals surface area contributed by atoms with Crippen molar-refractivity contribution in [2.24, 2.45) is 17.8 Å². The van der Waals surface area contributed by atoms with Crippen molar-refractivity contribution < 1.29 is 23.5 Å². The largest absolute Gasteiger partial charge is 0.380 e. The Bertz CT molecular complexity index is 662. The molecule has 1 saturated carbocycles. The minimum atomic E-state index is -1.51. The quantitative estimate of drug-likeness (QED) is 0.800. The highest BCUT2D eigenvalue weighted by molar-refractivity contribution is 6.00. The van der Waals surface area contributed by atoms with Crippen LogP contribution in [0.4, 0.5) is 8.78 Å². The molecule has 1 aromatic rings. The number of halogens is 2. The highest BCUT2D eigenvalue weighted by Crippen LogP contribution is 2.41. The van der Waals surface area contributed by atoms with Gasteiger partial charge in [-0.15, -0.1) is 0 Å². The molecule has 0 heterocycles. The maximum atomic E-state index is 13.2. The Hall–Kier alpha value is -1.82. The Morgan fingerprint density at radius 3 is 2.56 bits per heavy atom. The molecule has 3 atom stereocenters. The lowest BCUT2D eigenvalue weighted by atomic mass is 9.66. The van der Waals surface area contributed by atoms with E-state index in [1.165, 1.54) is 6.07 Å². The molecule has 25 heavy (non-hydrogen) atoms. The van der Waals surface area contributed by atoms with E-state index in [0.717, 1.165) is 25.0 Å². The maximum absolute atomic E-state index is 13.2. The van der Waals surface area contributed by atoms with Crippen LogP contribution in [0.3, 0.4) is 0 Å². The predicted molar refractivity (Wildman–Crippen MR) is 90.0 cm³/mol. The first-order valence-corrected chi connectivity index (χ1v) is 8.64. The summed E-state index contributed by atoms with van der Waals surface area (Å²) in [5.41, 5.74) is -1.54. The van der Waals surface area contributed by atoms with Crippen LogP contribution in [0.2, 0.25) is 0 Å². The highest BCUT2D eigenvalue weighted by Gasteiger charge is 2.48. The second-order valence-corrected chi connectivity index (χ2v) is 7.40. The average Bonchev–Trinajstić information content (AvgIpc) is 2.54. The van der Waals surface area contributed by atoms with Crippen LogP contribution in [0.15, 0.2) is 18.2 Å². The van der Waals surface area contributed by atoms with Crippen molar-refractivity contribution in [3.05, 3.63) is 35.4 Å². The van der Waals surface area contributed by atoms with Gasteiger partial charge in [0.15, 0.2) is 17.4 Å². The Labute approximate surface area is 146 Å². The van der Waals surface area contributed by atoms with Gasteiger partial charge < -0.3 is 10.4 Å². The summed E-state index contributed by atoms with van der Waals surface area (Å²) >= 11 is 0. The van der Waals surface area contributed by atoms with E-state index in [4.69, 9.17) is 0 Å². The molecule has 0 aromatic heterocycles. The van der Waals surface area contributed by atoms with Crippen molar-refractivity contribution in [2.45, 2.75) is 45.6 Å². The number of nitrogens with one attached hydrogen (secondary N) is 1. The monoisotopic (exact) mass is 353 g/mol. The molecule has 0 aliphatic heterocycles. The topological polar surface area (TPSA) is 66.4 Å². The SMILES string of the molecule is CC(C)[C@@H]1CC[C@@H](C)C[C@@]1(O)C(=O)NCC(=O)c1ccc(F)c(F)c1. The standard InChI is InChI=1S/C19H25F2NO3/c1-11(2)14-6-4-12(3)9-19(14,25)18(24)22-10-17(23)13-5-7-15(20)16(21)8-13/h5,7-8,11-12,14,25H,4,6,9-10H2,1-3H3,(H,22,24)/t12-,14+,19+/m1/s1. The Kier molecular flexibility index (Phi) is 5.93. The third kappa shape index (κ3) is 4.24. The lowest BCUT2D eigenvalue weighted by molar-refractivity contribution is -0.155. The Balaban J connectivity index is 2.06. The fourth-order valence-electron chi connectivity index (χ4n) is 3.72. The highest BCUT2D eigenvalue weighted by atomic mass is 19.2. The van der Waals surface area contributed by atoms with Crippen LogP contribution in [0.1, 0.15) is 50.4 Å². The van der Waals surface area contributed by atoms with Gasteiger partial charge >= 0.3 is 0 Å². The molecule has 6 heteroatoms. The Morgan fingerprint density at radius 2 is 1.96 bits per heavy atom. The maximum Gasteiger partial charge on any atom is 0.252 e. The van der Waals surface area contributed by atoms with E-state index in [1.54, 1.807) is 0 Å². The van der Waals surface area contributed by atoms with Gasteiger partial charge in [-0.05, 0) is 48.8 Å². The normalized spacial score (nSPS) is 26.5. The first-order valence-electron chi connectivity index (χ1n) is 8.64. The number of hydrogen-bond donors (Lipinski definition) is 2. The van der Waals surface area contributed by atoms with Gasteiger partial charge in [0.25, 0.3) is 5.91 Å². The molecule has 0 spiro atoms. The lowest BCUT2D eigenvalue weighted by Gasteiger charge is -2.43. The number of amides is 1. The number of hydrogen-bond acceptors (Lipinski definition) is 3. The van der Waals surface area contributed by atoms with E-state index < -0.39 is 28.9 Å². The van der Waals surface area contributed by atoms with Crippen LogP contribution >= 0.6 is 0 Å². The molecule has 1 fully saturated rings. The molecular formula is C19H25F2NO3. The molecule has 1 amide bonds. The van der Waals surface area contributed by atoms with Crippen molar-refractivity contribution in [1.82, 2.24) is 5.32 Å². The molecule has 0 unspecified atom stereocenters. The average molecular weight is 353 g/mol. The molecule has 1 aliphatic rings. The van der Waals surface area contributed by atoms with Crippen LogP contribution < -0.4 is 5.32 Å². The van der Waals surface area contributed by atoms with E-state index in [1.807, 2.05) is 20.8 Å². The smallest absolute Gasteiger partial charge is 0.252 e. The number of aliphatic hydroxyl groups is 1.